The number of nitrogens with one attached hydrogen (secondary N) is 1. The third-order valence-corrected chi connectivity index (χ3v) is 5.77. The lowest BCUT2D eigenvalue weighted by Crippen LogP contribution is -2.34. The summed E-state index contributed by atoms with van der Waals surface area (Å²) in [4.78, 5) is 12.8. The molecule has 0 saturated carbocycles. The summed E-state index contributed by atoms with van der Waals surface area (Å²) in [5, 5.41) is 8.18. The van der Waals surface area contributed by atoms with Gasteiger partial charge in [0.1, 0.15) is 6.04 Å². The summed E-state index contributed by atoms with van der Waals surface area (Å²) in [5.41, 5.74) is 4.03. The van der Waals surface area contributed by atoms with Crippen LogP contribution in [0.25, 0.3) is 0 Å². The number of hydrogen-bond acceptors (Lipinski definition) is 2. The second-order valence-corrected chi connectivity index (χ2v) is 7.43. The number of carbonyl (C=O) groups is 1. The SMILES string of the molecule is CCC(C)c1ccc(C(CC)NC(=O)C(C)n2nc(C)c(Cl)c2C)cc1. The molecule has 1 aromatic heterocycles. The van der Waals surface area contributed by atoms with Crippen LogP contribution >= 0.6 is 11.6 Å². The molecule has 0 radical (unpaired) electrons. The molecule has 5 heteroatoms. The van der Waals surface area contributed by atoms with Gasteiger partial charge in [-0.25, -0.2) is 0 Å². The van der Waals surface area contributed by atoms with Crippen LogP contribution < -0.4 is 5.32 Å². The van der Waals surface area contributed by atoms with Crippen LogP contribution in [0.4, 0.5) is 0 Å². The molecule has 0 bridgehead atoms. The van der Waals surface area contributed by atoms with E-state index in [9.17, 15) is 4.79 Å². The van der Waals surface area contributed by atoms with Gasteiger partial charge in [-0.2, -0.15) is 5.10 Å². The number of halogens is 1. The van der Waals surface area contributed by atoms with Gasteiger partial charge >= 0.3 is 0 Å². The monoisotopic (exact) mass is 375 g/mol. The molecule has 0 fully saturated rings. The Hall–Kier alpha value is -1.81. The van der Waals surface area contributed by atoms with Crippen molar-refractivity contribution in [2.75, 3.05) is 0 Å². The first-order valence-corrected chi connectivity index (χ1v) is 9.79. The molecule has 1 aromatic carbocycles. The fourth-order valence-corrected chi connectivity index (χ4v) is 3.26. The number of nitrogens with zero attached hydrogens (tertiary/aromatic N) is 2. The minimum atomic E-state index is -0.408. The number of aryl methyl sites for hydroxylation is 1. The van der Waals surface area contributed by atoms with E-state index in [1.165, 1.54) is 5.56 Å². The molecular weight excluding hydrogens is 346 g/mol. The van der Waals surface area contributed by atoms with Crippen LogP contribution in [0, 0.1) is 13.8 Å². The van der Waals surface area contributed by atoms with E-state index in [1.54, 1.807) is 4.68 Å². The van der Waals surface area contributed by atoms with Crippen molar-refractivity contribution >= 4 is 17.5 Å². The van der Waals surface area contributed by atoms with E-state index in [-0.39, 0.29) is 11.9 Å². The molecule has 3 atom stereocenters. The maximum atomic E-state index is 12.8. The largest absolute Gasteiger partial charge is 0.347 e. The van der Waals surface area contributed by atoms with Crippen molar-refractivity contribution in [3.05, 3.63) is 51.8 Å². The van der Waals surface area contributed by atoms with E-state index in [1.807, 2.05) is 20.8 Å². The fourth-order valence-electron chi connectivity index (χ4n) is 3.14. The number of hydrogen-bond donors (Lipinski definition) is 1. The Morgan fingerprint density at radius 2 is 1.69 bits per heavy atom. The van der Waals surface area contributed by atoms with Gasteiger partial charge < -0.3 is 5.32 Å². The first-order chi connectivity index (χ1) is 12.3. The molecule has 1 amide bonds. The van der Waals surface area contributed by atoms with Gasteiger partial charge in [0, 0.05) is 0 Å². The van der Waals surface area contributed by atoms with Crippen LogP contribution in [0.5, 0.6) is 0 Å². The molecule has 2 aromatic rings. The summed E-state index contributed by atoms with van der Waals surface area (Å²) in [5.74, 6) is 0.500. The molecule has 0 spiro atoms. The zero-order chi connectivity index (χ0) is 19.4. The van der Waals surface area contributed by atoms with Crippen molar-refractivity contribution in [1.82, 2.24) is 15.1 Å². The fraction of sp³-hybridized carbons (Fsp3) is 0.524. The lowest BCUT2D eigenvalue weighted by molar-refractivity contribution is -0.125. The summed E-state index contributed by atoms with van der Waals surface area (Å²) < 4.78 is 1.70. The predicted molar refractivity (Wildman–Crippen MR) is 108 cm³/mol. The lowest BCUT2D eigenvalue weighted by atomic mass is 9.95. The Morgan fingerprint density at radius 1 is 1.12 bits per heavy atom. The Labute approximate surface area is 161 Å². The zero-order valence-electron chi connectivity index (χ0n) is 16.6. The molecule has 1 heterocycles. The summed E-state index contributed by atoms with van der Waals surface area (Å²) in [6.07, 6.45) is 1.95. The maximum Gasteiger partial charge on any atom is 0.245 e. The Bertz CT molecular complexity index is 751. The van der Waals surface area contributed by atoms with Gasteiger partial charge in [-0.3, -0.25) is 9.48 Å². The maximum absolute atomic E-state index is 12.8. The van der Waals surface area contributed by atoms with Crippen LogP contribution in [0.15, 0.2) is 24.3 Å². The van der Waals surface area contributed by atoms with Gasteiger partial charge in [0.25, 0.3) is 0 Å². The lowest BCUT2D eigenvalue weighted by Gasteiger charge is -2.22. The van der Waals surface area contributed by atoms with Crippen molar-refractivity contribution in [3.63, 3.8) is 0 Å². The van der Waals surface area contributed by atoms with Crippen LogP contribution in [0.1, 0.15) is 81.1 Å². The summed E-state index contributed by atoms with van der Waals surface area (Å²) in [6.45, 7) is 12.1. The van der Waals surface area contributed by atoms with E-state index in [4.69, 9.17) is 11.6 Å². The molecular formula is C21H30ClN3O. The smallest absolute Gasteiger partial charge is 0.245 e. The molecule has 2 rings (SSSR count). The van der Waals surface area contributed by atoms with Gasteiger partial charge in [0.2, 0.25) is 5.91 Å². The number of rotatable bonds is 7. The quantitative estimate of drug-likeness (QED) is 0.694. The van der Waals surface area contributed by atoms with Crippen LogP contribution in [-0.2, 0) is 4.79 Å². The molecule has 26 heavy (non-hydrogen) atoms. The Kier molecular flexibility index (Phi) is 6.87. The highest BCUT2D eigenvalue weighted by Gasteiger charge is 2.23. The molecule has 142 valence electrons. The van der Waals surface area contributed by atoms with Crippen molar-refractivity contribution in [2.45, 2.75) is 72.4 Å². The average Bonchev–Trinajstić information content (AvgIpc) is 2.92. The van der Waals surface area contributed by atoms with Crippen molar-refractivity contribution in [3.8, 4) is 0 Å². The Morgan fingerprint density at radius 3 is 2.15 bits per heavy atom. The van der Waals surface area contributed by atoms with E-state index in [2.05, 4.69) is 55.5 Å². The van der Waals surface area contributed by atoms with E-state index in [0.717, 1.165) is 29.8 Å². The second kappa shape index (κ2) is 8.72. The number of aromatic nitrogens is 2. The average molecular weight is 376 g/mol. The van der Waals surface area contributed by atoms with Gasteiger partial charge in [0.05, 0.1) is 22.5 Å². The van der Waals surface area contributed by atoms with Crippen molar-refractivity contribution < 1.29 is 4.79 Å². The van der Waals surface area contributed by atoms with Crippen molar-refractivity contribution in [2.24, 2.45) is 0 Å². The number of carbonyl (C=O) groups excluding carboxylic acids is 1. The zero-order valence-corrected chi connectivity index (χ0v) is 17.4. The summed E-state index contributed by atoms with van der Waals surface area (Å²) >= 11 is 6.21. The van der Waals surface area contributed by atoms with Gasteiger partial charge in [0.15, 0.2) is 0 Å². The number of benzene rings is 1. The highest BCUT2D eigenvalue weighted by Crippen LogP contribution is 2.25. The van der Waals surface area contributed by atoms with E-state index < -0.39 is 6.04 Å². The van der Waals surface area contributed by atoms with Crippen molar-refractivity contribution in [1.29, 1.82) is 0 Å². The summed E-state index contributed by atoms with van der Waals surface area (Å²) in [7, 11) is 0. The number of amides is 1. The van der Waals surface area contributed by atoms with E-state index in [0.29, 0.717) is 10.9 Å². The van der Waals surface area contributed by atoms with Gasteiger partial charge in [-0.05, 0) is 50.7 Å². The molecule has 1 N–H and O–H groups in total. The molecule has 0 aliphatic carbocycles. The minimum Gasteiger partial charge on any atom is -0.347 e. The summed E-state index contributed by atoms with van der Waals surface area (Å²) in [6, 6.07) is 8.17. The predicted octanol–water partition coefficient (Wildman–Crippen LogP) is 5.50. The van der Waals surface area contributed by atoms with Crippen LogP contribution in [0.3, 0.4) is 0 Å². The molecule has 0 aliphatic rings. The molecule has 0 aliphatic heterocycles. The van der Waals surface area contributed by atoms with E-state index >= 15 is 0 Å². The first-order valence-electron chi connectivity index (χ1n) is 9.41. The molecule has 0 saturated heterocycles. The topological polar surface area (TPSA) is 46.9 Å². The molecule has 4 nitrogen and oxygen atoms in total. The van der Waals surface area contributed by atoms with Crippen LogP contribution in [0.2, 0.25) is 5.02 Å². The third-order valence-electron chi connectivity index (χ3n) is 5.23. The van der Waals surface area contributed by atoms with Crippen LogP contribution in [-0.4, -0.2) is 15.7 Å². The first kappa shape index (κ1) is 20.5. The van der Waals surface area contributed by atoms with Gasteiger partial charge in [-0.15, -0.1) is 0 Å². The third kappa shape index (κ3) is 4.29. The van der Waals surface area contributed by atoms with Gasteiger partial charge in [-0.1, -0.05) is 56.6 Å². The standard InChI is InChI=1S/C21H30ClN3O/c1-7-13(3)17-9-11-18(12-10-17)19(8-2)23-21(26)16(6)25-15(5)20(22)14(4)24-25/h9-13,16,19H,7-8H2,1-6H3,(H,23,26). The molecule has 3 unspecified atom stereocenters. The normalized spacial score (nSPS) is 14.7. The highest BCUT2D eigenvalue weighted by molar-refractivity contribution is 6.31. The second-order valence-electron chi connectivity index (χ2n) is 7.05. The highest BCUT2D eigenvalue weighted by atomic mass is 35.5. The minimum absolute atomic E-state index is 0.0108. The Balaban J connectivity index is 2.13.